The van der Waals surface area contributed by atoms with Gasteiger partial charge in [-0.05, 0) is 96.7 Å². The van der Waals surface area contributed by atoms with Crippen molar-refractivity contribution in [3.8, 4) is 24.1 Å². The zero-order chi connectivity index (χ0) is 56.9. The van der Waals surface area contributed by atoms with Crippen molar-refractivity contribution < 1.29 is 47.4 Å². The number of amides is 1. The topological polar surface area (TPSA) is 261 Å². The Balaban J connectivity index is 0.000000444. The lowest BCUT2D eigenvalue weighted by atomic mass is 9.76. The molecule has 76 heavy (non-hydrogen) atoms. The summed E-state index contributed by atoms with van der Waals surface area (Å²) in [6, 6.07) is 10.6. The van der Waals surface area contributed by atoms with Gasteiger partial charge >= 0.3 is 12.1 Å². The highest BCUT2D eigenvalue weighted by Crippen LogP contribution is 2.42. The number of pyridine rings is 1. The lowest BCUT2D eigenvalue weighted by molar-refractivity contribution is -0.177. The second-order valence-corrected chi connectivity index (χ2v) is 21.8. The van der Waals surface area contributed by atoms with Gasteiger partial charge in [-0.1, -0.05) is 53.2 Å². The molecule has 19 nitrogen and oxygen atoms in total. The van der Waals surface area contributed by atoms with Crippen LogP contribution in [-0.2, 0) is 57.4 Å². The number of nitrogens with two attached hydrogens (primary N) is 3. The smallest absolute Gasteiger partial charge is 0.410 e. The quantitative estimate of drug-likeness (QED) is 0.0154. The molecule has 2 saturated heterocycles. The van der Waals surface area contributed by atoms with Gasteiger partial charge in [0.1, 0.15) is 28.3 Å². The average molecular weight is 1080 g/mol. The molecule has 5 rings (SSSR count). The highest BCUT2D eigenvalue weighted by Gasteiger charge is 2.60. The third-order valence-electron chi connectivity index (χ3n) is 14.2. The number of nitrogens with zero attached hydrogens (tertiary/aromatic N) is 6. The number of esters is 1. The van der Waals surface area contributed by atoms with Gasteiger partial charge in [0.25, 0.3) is 0 Å². The molecule has 2 aromatic heterocycles. The Morgan fingerprint density at radius 1 is 1.08 bits per heavy atom. The summed E-state index contributed by atoms with van der Waals surface area (Å²) in [4.78, 5) is 67.1. The summed E-state index contributed by atoms with van der Waals surface area (Å²) in [5.74, 6) is 3.78. The molecule has 0 aliphatic carbocycles. The van der Waals surface area contributed by atoms with E-state index in [1.165, 1.54) is 12.1 Å². The fourth-order valence-electron chi connectivity index (χ4n) is 10.0. The van der Waals surface area contributed by atoms with Gasteiger partial charge in [0.05, 0.1) is 42.2 Å². The number of ether oxygens (including phenoxy) is 4. The molecule has 3 aromatic rings. The van der Waals surface area contributed by atoms with Gasteiger partial charge in [-0.25, -0.2) is 25.0 Å². The number of aliphatic hydroxyl groups excluding tert-OH is 1. The number of Topliss-reactive ketones (excluding diaryl/α,β-unsaturated/α-hetero) is 2. The van der Waals surface area contributed by atoms with Gasteiger partial charge < -0.3 is 49.2 Å². The number of hydrogen-bond donors (Lipinski definition) is 4. The van der Waals surface area contributed by atoms with Crippen LogP contribution in [0.15, 0.2) is 78.1 Å². The van der Waals surface area contributed by atoms with Crippen LogP contribution in [0.4, 0.5) is 4.79 Å². The molecule has 1 aromatic carbocycles. The molecule has 2 fully saturated rings. The molecule has 10 atom stereocenters. The predicted molar refractivity (Wildman–Crippen MR) is 294 cm³/mol. The van der Waals surface area contributed by atoms with Crippen LogP contribution in [0, 0.1) is 36.0 Å². The van der Waals surface area contributed by atoms with Crippen LogP contribution in [0.3, 0.4) is 0 Å². The molecule has 0 spiro atoms. The number of carbonyl (C=O) groups is 4. The minimum Gasteiger partial charge on any atom is -0.457 e. The van der Waals surface area contributed by atoms with Crippen LogP contribution in [-0.4, -0.2) is 132 Å². The number of aryl methyl sites for hydroxylation is 1. The standard InChI is InChI=1S/C36H54N4O7.C18H31N5O3S.C2H2/c1-10-15-24(3)30(41)26(5)31-36(8,29(11-2)46-33(43)35(6,7)32(42)25(4)22-45-9)47-34(44)40(31)19-13-12-18-39-21-28(38-23-39)27-16-14-17-37-20-27;1-13-9-16(10-18(24)26-13)22(2)8-7-15(19)12-23(20)11-14-3-5-17(6-4-14)27(21)25;1-2/h14,16-17,20-21,23-26,29,31H,10-13,15,18-19,22H2,1-9H3;3-6,12-13,16,18,24H,7-11,19-21H2,1-2H3;1-2H/b;15-12-;/t24-,25-,26+,29-,31-,36-;13-,16?,18?,27?;/m11./s1. The molecule has 422 valence electrons. The van der Waals surface area contributed by atoms with Gasteiger partial charge in [-0.3, -0.25) is 19.4 Å². The number of unbranched alkanes of at least 4 members (excludes halogenated alkanes) is 1. The van der Waals surface area contributed by atoms with Crippen LogP contribution >= 0.6 is 0 Å². The summed E-state index contributed by atoms with van der Waals surface area (Å²) in [6.07, 6.45) is 20.4. The molecule has 2 aliphatic rings. The Morgan fingerprint density at radius 2 is 1.75 bits per heavy atom. The summed E-state index contributed by atoms with van der Waals surface area (Å²) in [7, 11) is 2.06. The van der Waals surface area contributed by atoms with E-state index >= 15 is 0 Å². The van der Waals surface area contributed by atoms with Gasteiger partial charge in [0.2, 0.25) is 0 Å². The number of aliphatic hydroxyl groups is 1. The highest BCUT2D eigenvalue weighted by molar-refractivity contribution is 7.82. The molecule has 20 heteroatoms. The molecule has 7 N–H and O–H groups in total. The van der Waals surface area contributed by atoms with Gasteiger partial charge in [-0.2, -0.15) is 0 Å². The number of carbonyl (C=O) groups excluding carboxylic acids is 4. The number of rotatable bonds is 27. The van der Waals surface area contributed by atoms with Crippen LogP contribution in [0.1, 0.15) is 119 Å². The largest absolute Gasteiger partial charge is 0.457 e. The van der Waals surface area contributed by atoms with Crippen LogP contribution in [0.2, 0.25) is 0 Å². The van der Waals surface area contributed by atoms with E-state index in [0.29, 0.717) is 55.9 Å². The highest BCUT2D eigenvalue weighted by atomic mass is 32.2. The van der Waals surface area contributed by atoms with E-state index in [2.05, 4.69) is 27.7 Å². The number of imidazole rings is 1. The number of hydrogen-bond acceptors (Lipinski definition) is 16. The van der Waals surface area contributed by atoms with E-state index in [1.807, 2.05) is 76.7 Å². The minimum atomic E-state index is -1.48. The van der Waals surface area contributed by atoms with E-state index in [4.69, 9.17) is 35.7 Å². The van der Waals surface area contributed by atoms with E-state index < -0.39 is 64.3 Å². The number of terminal acetylenes is 1. The number of hydrazine groups is 1. The molecule has 0 bridgehead atoms. The van der Waals surface area contributed by atoms with Crippen molar-refractivity contribution in [2.24, 2.45) is 39.9 Å². The summed E-state index contributed by atoms with van der Waals surface area (Å²) in [6.45, 7) is 18.7. The fraction of sp³-hybridized carbons (Fsp3) is 0.607. The predicted octanol–water partition coefficient (Wildman–Crippen LogP) is 6.75. The summed E-state index contributed by atoms with van der Waals surface area (Å²) >= 11 is 0. The lowest BCUT2D eigenvalue weighted by Gasteiger charge is -2.41. The van der Waals surface area contributed by atoms with Crippen molar-refractivity contribution in [3.05, 3.63) is 78.8 Å². The van der Waals surface area contributed by atoms with E-state index in [1.54, 1.807) is 69.6 Å². The molecule has 0 saturated carbocycles. The summed E-state index contributed by atoms with van der Waals surface area (Å²) < 4.78 is 35.9. The van der Waals surface area contributed by atoms with E-state index in [0.717, 1.165) is 49.0 Å². The zero-order valence-corrected chi connectivity index (χ0v) is 47.6. The van der Waals surface area contributed by atoms with Crippen molar-refractivity contribution >= 4 is 34.6 Å². The maximum Gasteiger partial charge on any atom is 0.410 e. The number of methoxy groups -OCH3 is 1. The number of cyclic esters (lactones) is 1. The Kier molecular flexibility index (Phi) is 26.4. The molecule has 1 amide bonds. The molecule has 2 aliphatic heterocycles. The maximum absolute atomic E-state index is 13.7. The number of ketones is 2. The third kappa shape index (κ3) is 18.3. The molecule has 3 unspecified atom stereocenters. The normalized spacial score (nSPS) is 21.7. The van der Waals surface area contributed by atoms with Crippen molar-refractivity contribution in [3.63, 3.8) is 0 Å². The fourth-order valence-corrected chi connectivity index (χ4v) is 10.4. The molecular formula is C56H87N9O10S. The maximum atomic E-state index is 13.7. The first-order valence-corrected chi connectivity index (χ1v) is 27.5. The summed E-state index contributed by atoms with van der Waals surface area (Å²) in [5, 5.41) is 16.6. The zero-order valence-electron chi connectivity index (χ0n) is 46.8. The van der Waals surface area contributed by atoms with Crippen LogP contribution < -0.4 is 16.7 Å². The monoisotopic (exact) mass is 1080 g/mol. The number of benzene rings is 1. The third-order valence-corrected chi connectivity index (χ3v) is 14.9. The van der Waals surface area contributed by atoms with E-state index in [-0.39, 0.29) is 36.2 Å². The van der Waals surface area contributed by atoms with Crippen molar-refractivity contribution in [2.45, 2.75) is 168 Å². The number of aromatic nitrogens is 3. The lowest BCUT2D eigenvalue weighted by Crippen LogP contribution is -2.58. The first-order chi connectivity index (χ1) is 36.0. The SMILES string of the molecule is C#C.CCC[C@@H](C)C(=O)[C@H](C)[C@H]1N(CCCCn2cnc(-c3cccnc3)c2)C(=O)O[C@]1(C)[C@@H](CC)OC(=O)C(C)(C)C(=O)[C@H](C)COC.C[C@@H]1CC(N(C)CC/C(N)=C/N(N)Cc2ccc(S(N)=O)cc2)CC(O)O1. The summed E-state index contributed by atoms with van der Waals surface area (Å²) in [5.41, 5.74) is 6.78. The van der Waals surface area contributed by atoms with Crippen molar-refractivity contribution in [1.82, 2.24) is 29.3 Å². The second-order valence-electron chi connectivity index (χ2n) is 20.7. The second kappa shape index (κ2) is 31.0. The molecular weight excluding hydrogens is 991 g/mol. The van der Waals surface area contributed by atoms with Gasteiger partial charge in [0.15, 0.2) is 17.7 Å². The Bertz CT molecular complexity index is 2360. The minimum absolute atomic E-state index is 0.0396. The Hall–Kier alpha value is -5.53. The molecule has 4 heterocycles. The van der Waals surface area contributed by atoms with Crippen LogP contribution in [0.25, 0.3) is 11.3 Å². The molecule has 0 radical (unpaired) electrons. The van der Waals surface area contributed by atoms with Gasteiger partial charge in [-0.15, -0.1) is 12.8 Å². The van der Waals surface area contributed by atoms with Crippen molar-refractivity contribution in [1.29, 1.82) is 0 Å². The Labute approximate surface area is 454 Å². The first kappa shape index (κ1) is 64.8. The average Bonchev–Trinajstić information content (AvgIpc) is 3.97. The van der Waals surface area contributed by atoms with Crippen LogP contribution in [0.5, 0.6) is 0 Å². The van der Waals surface area contributed by atoms with E-state index in [9.17, 15) is 28.5 Å². The van der Waals surface area contributed by atoms with Crippen molar-refractivity contribution in [2.75, 3.05) is 33.9 Å². The first-order valence-electron chi connectivity index (χ1n) is 26.3. The van der Waals surface area contributed by atoms with Gasteiger partial charge in [0, 0.05) is 99.4 Å². The Morgan fingerprint density at radius 3 is 2.34 bits per heavy atom.